The van der Waals surface area contributed by atoms with Crippen molar-refractivity contribution in [1.29, 1.82) is 0 Å². The Morgan fingerprint density at radius 2 is 1.68 bits per heavy atom. The summed E-state index contributed by atoms with van der Waals surface area (Å²) >= 11 is 5.90. The minimum atomic E-state index is 0.402. The van der Waals surface area contributed by atoms with Crippen LogP contribution in [0.3, 0.4) is 0 Å². The summed E-state index contributed by atoms with van der Waals surface area (Å²) in [6.45, 7) is 1.49. The fraction of sp³-hybridized carbons (Fsp3) is 0.417. The number of halogens is 1. The average Bonchev–Trinajstić information content (AvgIpc) is 2.78. The quantitative estimate of drug-likeness (QED) is 0.494. The van der Waals surface area contributed by atoms with Crippen LogP contribution >= 0.6 is 11.6 Å². The third-order valence-corrected chi connectivity index (χ3v) is 5.94. The first kappa shape index (κ1) is 21.7. The molecule has 1 heterocycles. The molecule has 4 rings (SSSR count). The van der Waals surface area contributed by atoms with Gasteiger partial charge >= 0.3 is 0 Å². The Morgan fingerprint density at radius 3 is 2.42 bits per heavy atom. The van der Waals surface area contributed by atoms with E-state index in [1.807, 2.05) is 61.5 Å². The van der Waals surface area contributed by atoms with Crippen molar-refractivity contribution in [2.75, 3.05) is 37.5 Å². The van der Waals surface area contributed by atoms with E-state index < -0.39 is 0 Å². The first-order chi connectivity index (χ1) is 15.1. The molecule has 0 radical (unpaired) electrons. The van der Waals surface area contributed by atoms with Crippen molar-refractivity contribution in [1.82, 2.24) is 15.3 Å². The zero-order chi connectivity index (χ0) is 21.6. The molecule has 1 aromatic heterocycles. The van der Waals surface area contributed by atoms with Gasteiger partial charge in [0.05, 0.1) is 5.52 Å². The van der Waals surface area contributed by atoms with Gasteiger partial charge in [0.1, 0.15) is 18.2 Å². The van der Waals surface area contributed by atoms with Gasteiger partial charge in [-0.05, 0) is 62.1 Å². The summed E-state index contributed by atoms with van der Waals surface area (Å²) in [5.74, 6) is 2.52. The fourth-order valence-corrected chi connectivity index (χ4v) is 4.18. The van der Waals surface area contributed by atoms with Crippen molar-refractivity contribution < 1.29 is 4.74 Å². The van der Waals surface area contributed by atoms with Crippen LogP contribution in [0.25, 0.3) is 10.9 Å². The van der Waals surface area contributed by atoms with Crippen molar-refractivity contribution in [3.8, 4) is 5.75 Å². The van der Waals surface area contributed by atoms with E-state index in [0.717, 1.165) is 65.7 Å². The number of rotatable bonds is 8. The second-order valence-electron chi connectivity index (χ2n) is 8.23. The van der Waals surface area contributed by atoms with E-state index in [9.17, 15) is 0 Å². The Kier molecular flexibility index (Phi) is 7.10. The molecule has 31 heavy (non-hydrogen) atoms. The van der Waals surface area contributed by atoms with Gasteiger partial charge in [0, 0.05) is 43.1 Å². The topological polar surface area (TPSA) is 62.3 Å². The summed E-state index contributed by atoms with van der Waals surface area (Å²) in [5.41, 5.74) is 0.972. The number of nitrogens with one attached hydrogen (secondary N) is 2. The van der Waals surface area contributed by atoms with Crippen LogP contribution in [0.2, 0.25) is 5.02 Å². The van der Waals surface area contributed by atoms with Crippen LogP contribution in [0, 0.1) is 0 Å². The molecule has 2 aromatic carbocycles. The van der Waals surface area contributed by atoms with Crippen molar-refractivity contribution in [3.63, 3.8) is 0 Å². The van der Waals surface area contributed by atoms with Crippen LogP contribution in [0.15, 0.2) is 48.5 Å². The van der Waals surface area contributed by atoms with Crippen LogP contribution < -0.4 is 20.3 Å². The molecule has 7 heteroatoms. The molecule has 0 spiro atoms. The SMILES string of the molecule is CN(C)c1nc(N[C@H]2CC[C@@H](NCCOc3ccc(Cl)cc3)CC2)nc2ccccc12. The predicted molar refractivity (Wildman–Crippen MR) is 128 cm³/mol. The molecule has 3 aromatic rings. The summed E-state index contributed by atoms with van der Waals surface area (Å²) in [6.07, 6.45) is 4.46. The zero-order valence-corrected chi connectivity index (χ0v) is 18.9. The Bertz CT molecular complexity index is 987. The number of hydrogen-bond acceptors (Lipinski definition) is 6. The van der Waals surface area contributed by atoms with Gasteiger partial charge < -0.3 is 20.3 Å². The van der Waals surface area contributed by atoms with Crippen LogP contribution in [-0.4, -0.2) is 49.3 Å². The van der Waals surface area contributed by atoms with Gasteiger partial charge in [0.25, 0.3) is 0 Å². The molecule has 0 amide bonds. The molecule has 1 fully saturated rings. The molecular weight excluding hydrogens is 410 g/mol. The third kappa shape index (κ3) is 5.77. The van der Waals surface area contributed by atoms with Crippen LogP contribution in [0.5, 0.6) is 5.75 Å². The van der Waals surface area contributed by atoms with E-state index in [4.69, 9.17) is 26.3 Å². The van der Waals surface area contributed by atoms with Gasteiger partial charge in [-0.2, -0.15) is 4.98 Å². The number of para-hydroxylation sites is 1. The first-order valence-electron chi connectivity index (χ1n) is 10.9. The van der Waals surface area contributed by atoms with E-state index >= 15 is 0 Å². The number of benzene rings is 2. The number of fused-ring (bicyclic) bond motifs is 1. The van der Waals surface area contributed by atoms with Gasteiger partial charge in [-0.25, -0.2) is 4.98 Å². The first-order valence-corrected chi connectivity index (χ1v) is 11.3. The normalized spacial score (nSPS) is 18.7. The molecule has 1 saturated carbocycles. The molecule has 0 atom stereocenters. The Labute approximate surface area is 189 Å². The molecule has 164 valence electrons. The number of aromatic nitrogens is 2. The van der Waals surface area contributed by atoms with Gasteiger partial charge in [-0.1, -0.05) is 23.7 Å². The van der Waals surface area contributed by atoms with Crippen molar-refractivity contribution in [2.24, 2.45) is 0 Å². The summed E-state index contributed by atoms with van der Waals surface area (Å²) in [4.78, 5) is 11.6. The molecule has 0 saturated heterocycles. The van der Waals surface area contributed by atoms with E-state index in [2.05, 4.69) is 16.7 Å². The lowest BCUT2D eigenvalue weighted by Gasteiger charge is -2.30. The van der Waals surface area contributed by atoms with Gasteiger partial charge in [-0.15, -0.1) is 0 Å². The van der Waals surface area contributed by atoms with Crippen molar-refractivity contribution in [2.45, 2.75) is 37.8 Å². The highest BCUT2D eigenvalue weighted by Gasteiger charge is 2.22. The Hall–Kier alpha value is -2.57. The number of ether oxygens (including phenoxy) is 1. The number of anilines is 2. The Balaban J connectivity index is 1.24. The maximum absolute atomic E-state index is 5.90. The number of nitrogens with zero attached hydrogens (tertiary/aromatic N) is 3. The zero-order valence-electron chi connectivity index (χ0n) is 18.1. The second kappa shape index (κ2) is 10.2. The molecule has 2 N–H and O–H groups in total. The average molecular weight is 440 g/mol. The van der Waals surface area contributed by atoms with E-state index in [-0.39, 0.29) is 0 Å². The van der Waals surface area contributed by atoms with Crippen LogP contribution in [0.1, 0.15) is 25.7 Å². The second-order valence-corrected chi connectivity index (χ2v) is 8.67. The Morgan fingerprint density at radius 1 is 0.968 bits per heavy atom. The standard InChI is InChI=1S/C24H30ClN5O/c1-30(2)23-21-5-3-4-6-22(21)28-24(29-23)27-19-11-9-18(10-12-19)26-15-16-31-20-13-7-17(25)8-14-20/h3-8,13-14,18-19,26H,9-12,15-16H2,1-2H3,(H,27,28,29)/t18-,19+. The summed E-state index contributed by atoms with van der Waals surface area (Å²) in [5, 5.41) is 8.99. The van der Waals surface area contributed by atoms with Gasteiger partial charge in [0.2, 0.25) is 5.95 Å². The highest BCUT2D eigenvalue weighted by atomic mass is 35.5. The lowest BCUT2D eigenvalue weighted by Crippen LogP contribution is -2.38. The van der Waals surface area contributed by atoms with E-state index in [0.29, 0.717) is 18.7 Å². The third-order valence-electron chi connectivity index (χ3n) is 5.68. The van der Waals surface area contributed by atoms with Crippen LogP contribution in [0.4, 0.5) is 11.8 Å². The minimum absolute atomic E-state index is 0.402. The van der Waals surface area contributed by atoms with Crippen molar-refractivity contribution in [3.05, 3.63) is 53.6 Å². The van der Waals surface area contributed by atoms with Gasteiger partial charge in [0.15, 0.2) is 0 Å². The largest absolute Gasteiger partial charge is 0.492 e. The summed E-state index contributed by atoms with van der Waals surface area (Å²) in [6, 6.07) is 16.6. The molecule has 6 nitrogen and oxygen atoms in total. The molecule has 0 unspecified atom stereocenters. The molecule has 0 aliphatic heterocycles. The molecule has 1 aliphatic rings. The smallest absolute Gasteiger partial charge is 0.225 e. The van der Waals surface area contributed by atoms with Crippen LogP contribution in [-0.2, 0) is 0 Å². The lowest BCUT2D eigenvalue weighted by atomic mass is 9.91. The number of hydrogen-bond donors (Lipinski definition) is 2. The minimum Gasteiger partial charge on any atom is -0.492 e. The lowest BCUT2D eigenvalue weighted by molar-refractivity contribution is 0.285. The molecule has 0 bridgehead atoms. The fourth-order valence-electron chi connectivity index (χ4n) is 4.05. The highest BCUT2D eigenvalue weighted by molar-refractivity contribution is 6.30. The molecule has 1 aliphatic carbocycles. The monoisotopic (exact) mass is 439 g/mol. The van der Waals surface area contributed by atoms with Gasteiger partial charge in [-0.3, -0.25) is 0 Å². The maximum Gasteiger partial charge on any atom is 0.225 e. The van der Waals surface area contributed by atoms with Crippen molar-refractivity contribution >= 4 is 34.3 Å². The molecular formula is C24H30ClN5O. The summed E-state index contributed by atoms with van der Waals surface area (Å²) < 4.78 is 5.76. The maximum atomic E-state index is 5.90. The predicted octanol–water partition coefficient (Wildman–Crippen LogP) is 4.74. The summed E-state index contributed by atoms with van der Waals surface area (Å²) in [7, 11) is 4.04. The highest BCUT2D eigenvalue weighted by Crippen LogP contribution is 2.26. The van der Waals surface area contributed by atoms with E-state index in [1.54, 1.807) is 0 Å². The van der Waals surface area contributed by atoms with E-state index in [1.165, 1.54) is 0 Å².